The molecule has 0 nitrogen and oxygen atoms in total. The molecule has 0 spiro atoms. The second-order valence-electron chi connectivity index (χ2n) is 4.58. The molecule has 82 valence electrons. The molecule has 3 atom stereocenters. The summed E-state index contributed by atoms with van der Waals surface area (Å²) < 4.78 is 13.7. The van der Waals surface area contributed by atoms with E-state index in [1.165, 1.54) is 0 Å². The maximum atomic E-state index is 13.7. The molecule has 1 aliphatic carbocycles. The van der Waals surface area contributed by atoms with Crippen molar-refractivity contribution in [3.63, 3.8) is 0 Å². The Morgan fingerprint density at radius 3 is 2.67 bits per heavy atom. The number of benzene rings is 1. The molecule has 1 fully saturated rings. The summed E-state index contributed by atoms with van der Waals surface area (Å²) in [6.45, 7) is 4.12. The van der Waals surface area contributed by atoms with Gasteiger partial charge in [0.2, 0.25) is 0 Å². The van der Waals surface area contributed by atoms with Gasteiger partial charge in [-0.05, 0) is 43.2 Å². The number of hydrogen-bond donors (Lipinski definition) is 0. The molecule has 0 bridgehead atoms. The Bertz CT molecular complexity index is 362. The first-order valence-corrected chi connectivity index (χ1v) is 5.93. The van der Waals surface area contributed by atoms with E-state index in [2.05, 4.69) is 6.92 Å². The maximum absolute atomic E-state index is 13.7. The van der Waals surface area contributed by atoms with Gasteiger partial charge in [-0.1, -0.05) is 24.6 Å². The van der Waals surface area contributed by atoms with Crippen LogP contribution in [0.2, 0.25) is 0 Å². The molecular weight excluding hydrogens is 211 g/mol. The van der Waals surface area contributed by atoms with Gasteiger partial charge in [0.1, 0.15) is 5.82 Å². The average molecular weight is 227 g/mol. The van der Waals surface area contributed by atoms with Gasteiger partial charge < -0.3 is 0 Å². The van der Waals surface area contributed by atoms with Crippen molar-refractivity contribution in [2.24, 2.45) is 5.92 Å². The van der Waals surface area contributed by atoms with Crippen LogP contribution in [0.15, 0.2) is 18.2 Å². The third kappa shape index (κ3) is 2.03. The third-order valence-corrected chi connectivity index (χ3v) is 4.13. The van der Waals surface area contributed by atoms with Gasteiger partial charge in [-0.15, -0.1) is 11.6 Å². The van der Waals surface area contributed by atoms with Crippen LogP contribution in [0.3, 0.4) is 0 Å². The fourth-order valence-electron chi connectivity index (χ4n) is 2.50. The second kappa shape index (κ2) is 4.13. The van der Waals surface area contributed by atoms with Gasteiger partial charge in [0.05, 0.1) is 0 Å². The Morgan fingerprint density at radius 2 is 2.07 bits per heavy atom. The number of hydrogen-bond acceptors (Lipinski definition) is 0. The summed E-state index contributed by atoms with van der Waals surface area (Å²) in [6.07, 6.45) is 2.01. The summed E-state index contributed by atoms with van der Waals surface area (Å²) in [7, 11) is 0. The van der Waals surface area contributed by atoms with Crippen molar-refractivity contribution in [3.05, 3.63) is 35.1 Å². The molecule has 3 unspecified atom stereocenters. The van der Waals surface area contributed by atoms with Crippen LogP contribution in [-0.4, -0.2) is 5.38 Å². The molecule has 1 saturated carbocycles. The van der Waals surface area contributed by atoms with Crippen molar-refractivity contribution < 1.29 is 4.39 Å². The molecule has 1 aliphatic rings. The standard InChI is InChI=1S/C13H16ClF/c1-8-3-6-13(15)11(7-8)10-4-5-12(14)9(10)2/h3,6-7,9-10,12H,4-5H2,1-2H3. The summed E-state index contributed by atoms with van der Waals surface area (Å²) in [5, 5.41) is 0.204. The van der Waals surface area contributed by atoms with Gasteiger partial charge in [-0.25, -0.2) is 4.39 Å². The highest BCUT2D eigenvalue weighted by Crippen LogP contribution is 2.42. The summed E-state index contributed by atoms with van der Waals surface area (Å²) >= 11 is 6.18. The van der Waals surface area contributed by atoms with Gasteiger partial charge in [-0.3, -0.25) is 0 Å². The topological polar surface area (TPSA) is 0 Å². The molecule has 0 aromatic heterocycles. The molecule has 0 amide bonds. The van der Waals surface area contributed by atoms with E-state index in [0.717, 1.165) is 24.0 Å². The first kappa shape index (κ1) is 10.9. The van der Waals surface area contributed by atoms with E-state index in [1.54, 1.807) is 6.07 Å². The van der Waals surface area contributed by atoms with Gasteiger partial charge >= 0.3 is 0 Å². The van der Waals surface area contributed by atoms with Gasteiger partial charge in [0, 0.05) is 5.38 Å². The molecular formula is C13H16ClF. The predicted molar refractivity (Wildman–Crippen MR) is 61.9 cm³/mol. The molecule has 15 heavy (non-hydrogen) atoms. The van der Waals surface area contributed by atoms with E-state index in [0.29, 0.717) is 11.8 Å². The van der Waals surface area contributed by atoms with E-state index < -0.39 is 0 Å². The first-order chi connectivity index (χ1) is 7.09. The Kier molecular flexibility index (Phi) is 3.01. The molecule has 1 aromatic rings. The van der Waals surface area contributed by atoms with Crippen molar-refractivity contribution in [2.45, 2.75) is 38.0 Å². The summed E-state index contributed by atoms with van der Waals surface area (Å²) in [6, 6.07) is 5.35. The van der Waals surface area contributed by atoms with E-state index in [-0.39, 0.29) is 11.2 Å². The van der Waals surface area contributed by atoms with Crippen LogP contribution in [0.1, 0.15) is 36.8 Å². The zero-order chi connectivity index (χ0) is 11.0. The quantitative estimate of drug-likeness (QED) is 0.628. The van der Waals surface area contributed by atoms with E-state index in [9.17, 15) is 4.39 Å². The minimum Gasteiger partial charge on any atom is -0.207 e. The SMILES string of the molecule is Cc1ccc(F)c(C2CCC(Cl)C2C)c1. The van der Waals surface area contributed by atoms with Gasteiger partial charge in [-0.2, -0.15) is 0 Å². The Balaban J connectivity index is 2.33. The lowest BCUT2D eigenvalue weighted by molar-refractivity contribution is 0.504. The molecule has 1 aromatic carbocycles. The molecule has 0 radical (unpaired) electrons. The first-order valence-electron chi connectivity index (χ1n) is 5.49. The Labute approximate surface area is 95.4 Å². The van der Waals surface area contributed by atoms with Crippen LogP contribution in [0, 0.1) is 18.7 Å². The van der Waals surface area contributed by atoms with Crippen LogP contribution in [0.5, 0.6) is 0 Å². The number of aryl methyl sites for hydroxylation is 1. The van der Waals surface area contributed by atoms with Crippen molar-refractivity contribution in [1.29, 1.82) is 0 Å². The molecule has 2 rings (SSSR count). The van der Waals surface area contributed by atoms with Crippen molar-refractivity contribution >= 4 is 11.6 Å². The van der Waals surface area contributed by atoms with Crippen LogP contribution < -0.4 is 0 Å². The van der Waals surface area contributed by atoms with Crippen LogP contribution in [0.25, 0.3) is 0 Å². The minimum absolute atomic E-state index is 0.0804. The van der Waals surface area contributed by atoms with E-state index in [1.807, 2.05) is 19.1 Å². The summed E-state index contributed by atoms with van der Waals surface area (Å²) in [5.74, 6) is 0.596. The predicted octanol–water partition coefficient (Wildman–Crippen LogP) is 4.26. The largest absolute Gasteiger partial charge is 0.207 e. The molecule has 0 aliphatic heterocycles. The van der Waals surface area contributed by atoms with Crippen molar-refractivity contribution in [3.8, 4) is 0 Å². The second-order valence-corrected chi connectivity index (χ2v) is 5.14. The molecule has 0 N–H and O–H groups in total. The molecule has 0 heterocycles. The normalized spacial score (nSPS) is 30.8. The van der Waals surface area contributed by atoms with Gasteiger partial charge in [0.15, 0.2) is 0 Å². The Hall–Kier alpha value is -0.560. The number of alkyl halides is 1. The lowest BCUT2D eigenvalue weighted by atomic mass is 9.89. The van der Waals surface area contributed by atoms with Gasteiger partial charge in [0.25, 0.3) is 0 Å². The zero-order valence-corrected chi connectivity index (χ0v) is 9.89. The lowest BCUT2D eigenvalue weighted by Gasteiger charge is -2.18. The van der Waals surface area contributed by atoms with Crippen molar-refractivity contribution in [2.75, 3.05) is 0 Å². The smallest absolute Gasteiger partial charge is 0.126 e. The lowest BCUT2D eigenvalue weighted by Crippen LogP contribution is -2.11. The van der Waals surface area contributed by atoms with Crippen LogP contribution >= 0.6 is 11.6 Å². The van der Waals surface area contributed by atoms with Crippen LogP contribution in [-0.2, 0) is 0 Å². The summed E-state index contributed by atoms with van der Waals surface area (Å²) in [4.78, 5) is 0. The highest BCUT2D eigenvalue weighted by Gasteiger charge is 2.33. The fraction of sp³-hybridized carbons (Fsp3) is 0.538. The highest BCUT2D eigenvalue weighted by atomic mass is 35.5. The highest BCUT2D eigenvalue weighted by molar-refractivity contribution is 6.21. The van der Waals surface area contributed by atoms with Crippen molar-refractivity contribution in [1.82, 2.24) is 0 Å². The van der Waals surface area contributed by atoms with Crippen LogP contribution in [0.4, 0.5) is 4.39 Å². The maximum Gasteiger partial charge on any atom is 0.126 e. The summed E-state index contributed by atoms with van der Waals surface area (Å²) in [5.41, 5.74) is 1.97. The minimum atomic E-state index is -0.0804. The average Bonchev–Trinajstić information content (AvgIpc) is 2.52. The molecule has 0 saturated heterocycles. The zero-order valence-electron chi connectivity index (χ0n) is 9.13. The molecule has 2 heteroatoms. The van der Waals surface area contributed by atoms with E-state index in [4.69, 9.17) is 11.6 Å². The number of rotatable bonds is 1. The Morgan fingerprint density at radius 1 is 1.33 bits per heavy atom. The number of halogens is 2. The third-order valence-electron chi connectivity index (χ3n) is 3.51. The monoisotopic (exact) mass is 226 g/mol. The van der Waals surface area contributed by atoms with E-state index >= 15 is 0 Å². The fourth-order valence-corrected chi connectivity index (χ4v) is 2.80.